The van der Waals surface area contributed by atoms with E-state index in [4.69, 9.17) is 9.47 Å². The van der Waals surface area contributed by atoms with Crippen molar-refractivity contribution >= 4 is 11.9 Å². The second kappa shape index (κ2) is 10.8. The van der Waals surface area contributed by atoms with Crippen molar-refractivity contribution in [3.63, 3.8) is 0 Å². The van der Waals surface area contributed by atoms with Gasteiger partial charge in [-0.1, -0.05) is 33.6 Å². The molecule has 4 heteroatoms. The van der Waals surface area contributed by atoms with Crippen LogP contribution in [0.3, 0.4) is 0 Å². The topological polar surface area (TPSA) is 52.6 Å². The molecule has 1 unspecified atom stereocenters. The molecule has 0 aliphatic heterocycles. The van der Waals surface area contributed by atoms with Crippen molar-refractivity contribution in [2.24, 2.45) is 5.92 Å². The predicted octanol–water partition coefficient (Wildman–Crippen LogP) is 5.02. The highest BCUT2D eigenvalue weighted by Gasteiger charge is 2.14. The van der Waals surface area contributed by atoms with Crippen LogP contribution in [-0.4, -0.2) is 24.6 Å². The van der Waals surface area contributed by atoms with E-state index in [1.807, 2.05) is 13.8 Å². The molecular weight excluding hydrogens is 304 g/mol. The lowest BCUT2D eigenvalue weighted by Crippen LogP contribution is -2.15. The van der Waals surface area contributed by atoms with Crippen LogP contribution in [0.1, 0.15) is 80.5 Å². The molecule has 0 aliphatic rings. The SMILES string of the molecule is CCCCOC(=O)c1ccc(C(=O)OC(C)CCCC(C)C)cc1. The van der Waals surface area contributed by atoms with Crippen LogP contribution in [0.5, 0.6) is 0 Å². The minimum absolute atomic E-state index is 0.102. The Labute approximate surface area is 145 Å². The smallest absolute Gasteiger partial charge is 0.338 e. The molecule has 0 aliphatic carbocycles. The van der Waals surface area contributed by atoms with E-state index in [1.54, 1.807) is 24.3 Å². The molecule has 1 atom stereocenters. The third-order valence-electron chi connectivity index (χ3n) is 3.79. The molecule has 0 heterocycles. The first-order valence-corrected chi connectivity index (χ1v) is 8.92. The molecule has 0 saturated carbocycles. The summed E-state index contributed by atoms with van der Waals surface area (Å²) in [5, 5.41) is 0. The van der Waals surface area contributed by atoms with E-state index in [0.717, 1.165) is 32.1 Å². The fourth-order valence-corrected chi connectivity index (χ4v) is 2.26. The monoisotopic (exact) mass is 334 g/mol. The number of hydrogen-bond donors (Lipinski definition) is 0. The molecule has 0 fully saturated rings. The predicted molar refractivity (Wildman–Crippen MR) is 95.2 cm³/mol. The Bertz CT molecular complexity index is 505. The van der Waals surface area contributed by atoms with Crippen LogP contribution in [-0.2, 0) is 9.47 Å². The van der Waals surface area contributed by atoms with Crippen molar-refractivity contribution in [2.75, 3.05) is 6.61 Å². The van der Waals surface area contributed by atoms with Gasteiger partial charge in [0.2, 0.25) is 0 Å². The summed E-state index contributed by atoms with van der Waals surface area (Å²) in [7, 11) is 0. The molecule has 24 heavy (non-hydrogen) atoms. The Kier molecular flexibility index (Phi) is 9.13. The lowest BCUT2D eigenvalue weighted by Gasteiger charge is -2.14. The molecule has 0 radical (unpaired) electrons. The van der Waals surface area contributed by atoms with Crippen molar-refractivity contribution in [1.29, 1.82) is 0 Å². The maximum atomic E-state index is 12.1. The Morgan fingerprint density at radius 3 is 2.04 bits per heavy atom. The molecule has 0 N–H and O–H groups in total. The number of esters is 2. The molecule has 0 spiro atoms. The highest BCUT2D eigenvalue weighted by molar-refractivity contribution is 5.93. The Morgan fingerprint density at radius 1 is 0.917 bits per heavy atom. The first kappa shape index (κ1) is 20.2. The van der Waals surface area contributed by atoms with Gasteiger partial charge in [0, 0.05) is 0 Å². The van der Waals surface area contributed by atoms with Gasteiger partial charge in [-0.25, -0.2) is 9.59 Å². The van der Waals surface area contributed by atoms with E-state index in [9.17, 15) is 9.59 Å². The van der Waals surface area contributed by atoms with Gasteiger partial charge in [0.05, 0.1) is 23.8 Å². The standard InChI is InChI=1S/C20H30O4/c1-5-6-14-23-19(21)17-10-12-18(13-11-17)20(22)24-16(4)9-7-8-15(2)3/h10-13,15-16H,5-9,14H2,1-4H3. The van der Waals surface area contributed by atoms with Crippen LogP contribution in [0.15, 0.2) is 24.3 Å². The number of benzene rings is 1. The Balaban J connectivity index is 2.46. The van der Waals surface area contributed by atoms with Gasteiger partial charge in [-0.2, -0.15) is 0 Å². The largest absolute Gasteiger partial charge is 0.462 e. The Hall–Kier alpha value is -1.84. The van der Waals surface area contributed by atoms with Gasteiger partial charge in [-0.15, -0.1) is 0 Å². The number of rotatable bonds is 10. The molecule has 0 amide bonds. The van der Waals surface area contributed by atoms with E-state index in [0.29, 0.717) is 23.7 Å². The van der Waals surface area contributed by atoms with Crippen molar-refractivity contribution in [2.45, 2.75) is 65.9 Å². The minimum atomic E-state index is -0.356. The van der Waals surface area contributed by atoms with Gasteiger partial charge in [-0.05, 0) is 56.4 Å². The van der Waals surface area contributed by atoms with E-state index in [1.165, 1.54) is 0 Å². The minimum Gasteiger partial charge on any atom is -0.462 e. The van der Waals surface area contributed by atoms with Gasteiger partial charge < -0.3 is 9.47 Å². The summed E-state index contributed by atoms with van der Waals surface area (Å²) in [5.41, 5.74) is 0.906. The third kappa shape index (κ3) is 7.62. The molecule has 0 saturated heterocycles. The number of unbranched alkanes of at least 4 members (excludes halogenated alkanes) is 1. The van der Waals surface area contributed by atoms with Crippen molar-refractivity contribution < 1.29 is 19.1 Å². The van der Waals surface area contributed by atoms with Crippen LogP contribution in [0, 0.1) is 5.92 Å². The molecule has 134 valence electrons. The average Bonchev–Trinajstić information content (AvgIpc) is 2.54. The molecule has 4 nitrogen and oxygen atoms in total. The fourth-order valence-electron chi connectivity index (χ4n) is 2.26. The molecule has 1 aromatic carbocycles. The van der Waals surface area contributed by atoms with Crippen molar-refractivity contribution in [3.8, 4) is 0 Å². The third-order valence-corrected chi connectivity index (χ3v) is 3.79. The maximum absolute atomic E-state index is 12.1. The van der Waals surface area contributed by atoms with E-state index in [2.05, 4.69) is 13.8 Å². The zero-order valence-electron chi connectivity index (χ0n) is 15.3. The van der Waals surface area contributed by atoms with Crippen LogP contribution >= 0.6 is 0 Å². The lowest BCUT2D eigenvalue weighted by molar-refractivity contribution is 0.0317. The number of carbonyl (C=O) groups is 2. The summed E-state index contributed by atoms with van der Waals surface area (Å²) < 4.78 is 10.6. The second-order valence-electron chi connectivity index (χ2n) is 6.61. The second-order valence-corrected chi connectivity index (χ2v) is 6.61. The molecule has 1 aromatic rings. The van der Waals surface area contributed by atoms with Crippen LogP contribution in [0.25, 0.3) is 0 Å². The van der Waals surface area contributed by atoms with E-state index < -0.39 is 0 Å². The molecule has 0 bridgehead atoms. The van der Waals surface area contributed by atoms with E-state index in [-0.39, 0.29) is 18.0 Å². The van der Waals surface area contributed by atoms with Crippen molar-refractivity contribution in [3.05, 3.63) is 35.4 Å². The zero-order valence-corrected chi connectivity index (χ0v) is 15.3. The van der Waals surface area contributed by atoms with Gasteiger partial charge in [0.1, 0.15) is 0 Å². The fraction of sp³-hybridized carbons (Fsp3) is 0.600. The van der Waals surface area contributed by atoms with Crippen LogP contribution in [0.2, 0.25) is 0 Å². The van der Waals surface area contributed by atoms with Gasteiger partial charge in [-0.3, -0.25) is 0 Å². The number of ether oxygens (including phenoxy) is 2. The lowest BCUT2D eigenvalue weighted by atomic mass is 10.0. The zero-order chi connectivity index (χ0) is 17.9. The van der Waals surface area contributed by atoms with Gasteiger partial charge >= 0.3 is 11.9 Å². The van der Waals surface area contributed by atoms with E-state index >= 15 is 0 Å². The first-order valence-electron chi connectivity index (χ1n) is 8.92. The highest BCUT2D eigenvalue weighted by Crippen LogP contribution is 2.13. The van der Waals surface area contributed by atoms with Crippen LogP contribution < -0.4 is 0 Å². The normalized spacial score (nSPS) is 12.0. The molecular formula is C20H30O4. The number of carbonyl (C=O) groups excluding carboxylic acids is 2. The molecule has 1 rings (SSSR count). The molecule has 0 aromatic heterocycles. The summed E-state index contributed by atoms with van der Waals surface area (Å²) in [6.07, 6.45) is 4.78. The maximum Gasteiger partial charge on any atom is 0.338 e. The van der Waals surface area contributed by atoms with Gasteiger partial charge in [0.25, 0.3) is 0 Å². The summed E-state index contributed by atoms with van der Waals surface area (Å²) >= 11 is 0. The number of hydrogen-bond acceptors (Lipinski definition) is 4. The average molecular weight is 334 g/mol. The van der Waals surface area contributed by atoms with Crippen molar-refractivity contribution in [1.82, 2.24) is 0 Å². The summed E-state index contributed by atoms with van der Waals surface area (Å²) in [6, 6.07) is 6.43. The Morgan fingerprint density at radius 2 is 1.50 bits per heavy atom. The first-order chi connectivity index (χ1) is 11.4. The summed E-state index contributed by atoms with van der Waals surface area (Å²) in [6.45, 7) is 8.75. The summed E-state index contributed by atoms with van der Waals surface area (Å²) in [5.74, 6) is -0.0408. The van der Waals surface area contributed by atoms with Gasteiger partial charge in [0.15, 0.2) is 0 Å². The quantitative estimate of drug-likeness (QED) is 0.445. The highest BCUT2D eigenvalue weighted by atomic mass is 16.5. The van der Waals surface area contributed by atoms with Crippen LogP contribution in [0.4, 0.5) is 0 Å². The summed E-state index contributed by atoms with van der Waals surface area (Å²) in [4.78, 5) is 23.9.